The van der Waals surface area contributed by atoms with Crippen molar-refractivity contribution >= 4 is 23.2 Å². The molecule has 0 saturated carbocycles. The summed E-state index contributed by atoms with van der Waals surface area (Å²) in [6, 6.07) is 14.1. The van der Waals surface area contributed by atoms with Crippen molar-refractivity contribution in [3.05, 3.63) is 77.3 Å². The second kappa shape index (κ2) is 8.15. The summed E-state index contributed by atoms with van der Waals surface area (Å²) in [6.07, 6.45) is 1.66. The minimum atomic E-state index is -0.284. The number of hydrogen-bond acceptors (Lipinski definition) is 3. The number of rotatable bonds is 6. The maximum absolute atomic E-state index is 12.1. The summed E-state index contributed by atoms with van der Waals surface area (Å²) in [4.78, 5) is 12.1. The molecular weight excluding hydrogens is 312 g/mol. The maximum atomic E-state index is 12.1. The Labute approximate surface area is 140 Å². The van der Waals surface area contributed by atoms with Crippen LogP contribution in [-0.4, -0.2) is 18.2 Å². The number of ether oxygens (including phenoxy) is 1. The summed E-state index contributed by atoms with van der Waals surface area (Å²) in [5.41, 5.74) is 4.62. The molecule has 0 spiro atoms. The van der Waals surface area contributed by atoms with E-state index in [0.29, 0.717) is 28.7 Å². The molecule has 0 aliphatic carbocycles. The van der Waals surface area contributed by atoms with Gasteiger partial charge in [-0.3, -0.25) is 4.79 Å². The zero-order valence-corrected chi connectivity index (χ0v) is 13.5. The second-order valence-electron chi connectivity index (χ2n) is 4.77. The summed E-state index contributed by atoms with van der Waals surface area (Å²) in [6.45, 7) is 5.82. The maximum Gasteiger partial charge on any atom is 0.271 e. The largest absolute Gasteiger partial charge is 0.490 e. The molecule has 2 aromatic rings. The highest BCUT2D eigenvalue weighted by molar-refractivity contribution is 6.30. The Balaban J connectivity index is 1.99. The van der Waals surface area contributed by atoms with E-state index in [1.807, 2.05) is 19.1 Å². The van der Waals surface area contributed by atoms with Crippen LogP contribution < -0.4 is 10.2 Å². The third kappa shape index (κ3) is 4.97. The number of nitrogens with zero attached hydrogens (tertiary/aromatic N) is 1. The van der Waals surface area contributed by atoms with Crippen LogP contribution in [0.3, 0.4) is 0 Å². The van der Waals surface area contributed by atoms with Crippen LogP contribution in [0.15, 0.2) is 66.3 Å². The number of hydrogen-bond donors (Lipinski definition) is 1. The van der Waals surface area contributed by atoms with Crippen LogP contribution >= 0.6 is 11.6 Å². The average Bonchev–Trinajstić information content (AvgIpc) is 2.58. The Morgan fingerprint density at radius 3 is 2.39 bits per heavy atom. The fraction of sp³-hybridized carbons (Fsp3) is 0.111. The van der Waals surface area contributed by atoms with Gasteiger partial charge in [-0.05, 0) is 48.9 Å². The molecule has 118 valence electrons. The van der Waals surface area contributed by atoms with Crippen molar-refractivity contribution in [2.24, 2.45) is 5.10 Å². The molecule has 1 N–H and O–H groups in total. The van der Waals surface area contributed by atoms with Gasteiger partial charge in [0, 0.05) is 10.6 Å². The Morgan fingerprint density at radius 1 is 1.17 bits per heavy atom. The van der Waals surface area contributed by atoms with Gasteiger partial charge in [-0.15, -0.1) is 0 Å². The first-order chi connectivity index (χ1) is 11.1. The van der Waals surface area contributed by atoms with Crippen molar-refractivity contribution < 1.29 is 9.53 Å². The van der Waals surface area contributed by atoms with Gasteiger partial charge in [0.15, 0.2) is 0 Å². The Kier molecular flexibility index (Phi) is 5.94. The molecule has 0 saturated heterocycles. The van der Waals surface area contributed by atoms with Crippen molar-refractivity contribution in [1.29, 1.82) is 0 Å². The highest BCUT2D eigenvalue weighted by Gasteiger charge is 2.05. The number of halogens is 1. The van der Waals surface area contributed by atoms with E-state index in [0.717, 1.165) is 5.56 Å². The Bertz CT molecular complexity index is 707. The van der Waals surface area contributed by atoms with Gasteiger partial charge < -0.3 is 4.74 Å². The molecule has 1 amide bonds. The van der Waals surface area contributed by atoms with E-state index in [1.165, 1.54) is 0 Å². The molecule has 0 unspecified atom stereocenters. The predicted octanol–water partition coefficient (Wildman–Crippen LogP) is 4.06. The zero-order chi connectivity index (χ0) is 16.7. The lowest BCUT2D eigenvalue weighted by Gasteiger charge is -2.05. The van der Waals surface area contributed by atoms with Gasteiger partial charge in [-0.25, -0.2) is 5.43 Å². The lowest BCUT2D eigenvalue weighted by Crippen LogP contribution is -2.19. The second-order valence-corrected chi connectivity index (χ2v) is 5.21. The van der Waals surface area contributed by atoms with E-state index in [1.54, 1.807) is 42.5 Å². The third-order valence-electron chi connectivity index (χ3n) is 3.07. The lowest BCUT2D eigenvalue weighted by molar-refractivity contribution is 0.0955. The number of carbonyl (C=O) groups is 1. The number of amides is 1. The van der Waals surface area contributed by atoms with Gasteiger partial charge in [-0.1, -0.05) is 36.4 Å². The number of benzene rings is 2. The molecule has 0 bridgehead atoms. The monoisotopic (exact) mass is 328 g/mol. The summed E-state index contributed by atoms with van der Waals surface area (Å²) >= 11 is 5.84. The average molecular weight is 329 g/mol. The van der Waals surface area contributed by atoms with Crippen LogP contribution in [0.5, 0.6) is 5.75 Å². The molecule has 2 aromatic carbocycles. The number of carbonyl (C=O) groups excluding carboxylic acids is 1. The minimum absolute atomic E-state index is 0.284. The van der Waals surface area contributed by atoms with Crippen LogP contribution in [-0.2, 0) is 0 Å². The van der Waals surface area contributed by atoms with Crippen molar-refractivity contribution in [1.82, 2.24) is 5.43 Å². The molecule has 2 rings (SSSR count). The van der Waals surface area contributed by atoms with Crippen LogP contribution in [0.25, 0.3) is 0 Å². The van der Waals surface area contributed by atoms with E-state index in [4.69, 9.17) is 16.3 Å². The highest BCUT2D eigenvalue weighted by Crippen LogP contribution is 2.12. The molecule has 0 heterocycles. The Hall–Kier alpha value is -2.59. The first-order valence-electron chi connectivity index (χ1n) is 7.04. The van der Waals surface area contributed by atoms with Gasteiger partial charge in [-0.2, -0.15) is 5.10 Å². The molecule has 0 fully saturated rings. The van der Waals surface area contributed by atoms with Gasteiger partial charge in [0.1, 0.15) is 12.4 Å². The van der Waals surface area contributed by atoms with Crippen LogP contribution in [0.2, 0.25) is 5.02 Å². The third-order valence-corrected chi connectivity index (χ3v) is 3.32. The van der Waals surface area contributed by atoms with E-state index in [2.05, 4.69) is 17.1 Å². The quantitative estimate of drug-likeness (QED) is 0.494. The highest BCUT2D eigenvalue weighted by atomic mass is 35.5. The van der Waals surface area contributed by atoms with Crippen molar-refractivity contribution in [3.63, 3.8) is 0 Å². The first kappa shape index (κ1) is 16.8. The van der Waals surface area contributed by atoms with E-state index >= 15 is 0 Å². The molecule has 5 heteroatoms. The van der Waals surface area contributed by atoms with Gasteiger partial charge in [0.25, 0.3) is 5.91 Å². The zero-order valence-electron chi connectivity index (χ0n) is 12.8. The van der Waals surface area contributed by atoms with E-state index < -0.39 is 0 Å². The van der Waals surface area contributed by atoms with Crippen molar-refractivity contribution in [3.8, 4) is 5.75 Å². The molecular formula is C18H17ClN2O2. The smallest absolute Gasteiger partial charge is 0.271 e. The molecule has 0 aromatic heterocycles. The van der Waals surface area contributed by atoms with Gasteiger partial charge >= 0.3 is 0 Å². The predicted molar refractivity (Wildman–Crippen MR) is 93.3 cm³/mol. The van der Waals surface area contributed by atoms with E-state index in [-0.39, 0.29) is 5.91 Å². The van der Waals surface area contributed by atoms with Gasteiger partial charge in [0.2, 0.25) is 0 Å². The molecule has 23 heavy (non-hydrogen) atoms. The van der Waals surface area contributed by atoms with Crippen LogP contribution in [0, 0.1) is 0 Å². The van der Waals surface area contributed by atoms with E-state index in [9.17, 15) is 4.79 Å². The van der Waals surface area contributed by atoms with Crippen molar-refractivity contribution in [2.75, 3.05) is 6.61 Å². The fourth-order valence-corrected chi connectivity index (χ4v) is 1.94. The molecule has 0 radical (unpaired) electrons. The standard InChI is InChI=1S/C18H17ClN2O2/c1-3-12-23-17-10-6-15(7-11-17)18(22)21-20-13(2)14-4-8-16(19)9-5-14/h3-11H,1,12H2,2H3,(H,21,22)/b20-13+. The first-order valence-corrected chi connectivity index (χ1v) is 7.42. The molecule has 0 atom stereocenters. The normalized spacial score (nSPS) is 11.0. The molecule has 0 aliphatic heterocycles. The Morgan fingerprint density at radius 2 is 1.78 bits per heavy atom. The summed E-state index contributed by atoms with van der Waals surface area (Å²) in [5, 5.41) is 4.76. The van der Waals surface area contributed by atoms with Gasteiger partial charge in [0.05, 0.1) is 5.71 Å². The fourth-order valence-electron chi connectivity index (χ4n) is 1.81. The van der Waals surface area contributed by atoms with Crippen LogP contribution in [0.1, 0.15) is 22.8 Å². The number of hydrazone groups is 1. The topological polar surface area (TPSA) is 50.7 Å². The molecule has 0 aliphatic rings. The summed E-state index contributed by atoms with van der Waals surface area (Å²) in [7, 11) is 0. The lowest BCUT2D eigenvalue weighted by atomic mass is 10.1. The SMILES string of the molecule is C=CCOc1ccc(C(=O)N/N=C(\C)c2ccc(Cl)cc2)cc1. The van der Waals surface area contributed by atoms with Crippen molar-refractivity contribution in [2.45, 2.75) is 6.92 Å². The summed E-state index contributed by atoms with van der Waals surface area (Å²) < 4.78 is 5.37. The summed E-state index contributed by atoms with van der Waals surface area (Å²) in [5.74, 6) is 0.399. The minimum Gasteiger partial charge on any atom is -0.490 e. The number of nitrogens with one attached hydrogen (secondary N) is 1. The van der Waals surface area contributed by atoms with Crippen LogP contribution in [0.4, 0.5) is 0 Å². The molecule has 4 nitrogen and oxygen atoms in total.